The molecule has 2 aromatic heterocycles. The molecule has 3 aromatic rings. The summed E-state index contributed by atoms with van der Waals surface area (Å²) in [6.45, 7) is 5.51. The quantitative estimate of drug-likeness (QED) is 0.650. The standard InChI is InChI=1S/C18H19N5O3/c1-10-8-14(18(25)26)11(2)23(10)15-7-5-4-6-13(15)17(24)19-9-16-20-12(3)21-22-16/h4-8H,9H2,1-3H3,(H,19,24)(H,25,26)(H,20,21,22). The molecule has 0 saturated carbocycles. The summed E-state index contributed by atoms with van der Waals surface area (Å²) in [5.74, 6) is -0.108. The van der Waals surface area contributed by atoms with E-state index in [1.807, 2.05) is 13.0 Å². The first-order chi connectivity index (χ1) is 12.4. The lowest BCUT2D eigenvalue weighted by molar-refractivity contribution is 0.0696. The van der Waals surface area contributed by atoms with Crippen molar-refractivity contribution in [1.29, 1.82) is 0 Å². The molecule has 0 fully saturated rings. The van der Waals surface area contributed by atoms with Crippen molar-refractivity contribution < 1.29 is 14.7 Å². The summed E-state index contributed by atoms with van der Waals surface area (Å²) in [5, 5.41) is 18.8. The number of carbonyl (C=O) groups is 2. The maximum Gasteiger partial charge on any atom is 0.337 e. The van der Waals surface area contributed by atoms with Crippen molar-refractivity contribution in [2.45, 2.75) is 27.3 Å². The van der Waals surface area contributed by atoms with Gasteiger partial charge >= 0.3 is 5.97 Å². The number of H-pyrrole nitrogens is 1. The fourth-order valence-electron chi connectivity index (χ4n) is 2.93. The number of aromatic amines is 1. The number of hydrogen-bond donors (Lipinski definition) is 3. The number of benzene rings is 1. The van der Waals surface area contributed by atoms with E-state index in [0.29, 0.717) is 28.6 Å². The van der Waals surface area contributed by atoms with Gasteiger partial charge < -0.3 is 15.0 Å². The van der Waals surface area contributed by atoms with Crippen LogP contribution in [0.4, 0.5) is 0 Å². The zero-order chi connectivity index (χ0) is 18.8. The molecule has 26 heavy (non-hydrogen) atoms. The smallest absolute Gasteiger partial charge is 0.337 e. The van der Waals surface area contributed by atoms with E-state index in [9.17, 15) is 14.7 Å². The van der Waals surface area contributed by atoms with Crippen molar-refractivity contribution in [2.75, 3.05) is 0 Å². The Morgan fingerprint density at radius 1 is 1.19 bits per heavy atom. The van der Waals surface area contributed by atoms with Gasteiger partial charge in [0.05, 0.1) is 23.4 Å². The first-order valence-electron chi connectivity index (χ1n) is 8.06. The maximum atomic E-state index is 12.7. The van der Waals surface area contributed by atoms with Gasteiger partial charge in [0.25, 0.3) is 5.91 Å². The Balaban J connectivity index is 1.94. The van der Waals surface area contributed by atoms with Crippen LogP contribution >= 0.6 is 0 Å². The summed E-state index contributed by atoms with van der Waals surface area (Å²) in [4.78, 5) is 28.2. The van der Waals surface area contributed by atoms with Gasteiger partial charge in [0, 0.05) is 11.4 Å². The molecule has 0 atom stereocenters. The molecule has 3 N–H and O–H groups in total. The summed E-state index contributed by atoms with van der Waals surface area (Å²) in [6.07, 6.45) is 0. The van der Waals surface area contributed by atoms with E-state index in [2.05, 4.69) is 20.5 Å². The van der Waals surface area contributed by atoms with Crippen molar-refractivity contribution in [3.8, 4) is 5.69 Å². The van der Waals surface area contributed by atoms with Crippen LogP contribution < -0.4 is 5.32 Å². The molecule has 0 bridgehead atoms. The normalized spacial score (nSPS) is 10.7. The number of aryl methyl sites for hydroxylation is 2. The van der Waals surface area contributed by atoms with Gasteiger partial charge in [0.2, 0.25) is 0 Å². The van der Waals surface area contributed by atoms with Gasteiger partial charge in [0.1, 0.15) is 5.82 Å². The van der Waals surface area contributed by atoms with E-state index in [1.54, 1.807) is 42.7 Å². The molecule has 0 aliphatic heterocycles. The number of carboxylic acids is 1. The Morgan fingerprint density at radius 3 is 2.54 bits per heavy atom. The third-order valence-electron chi connectivity index (χ3n) is 4.10. The van der Waals surface area contributed by atoms with Crippen LogP contribution in [0.5, 0.6) is 0 Å². The van der Waals surface area contributed by atoms with Gasteiger partial charge in [0.15, 0.2) is 5.82 Å². The SMILES string of the molecule is Cc1nc(CNC(=O)c2ccccc2-n2c(C)cc(C(=O)O)c2C)n[nH]1. The Labute approximate surface area is 149 Å². The van der Waals surface area contributed by atoms with Crippen LogP contribution in [0.1, 0.15) is 43.8 Å². The van der Waals surface area contributed by atoms with Crippen LogP contribution in [0, 0.1) is 20.8 Å². The Kier molecular flexibility index (Phi) is 4.57. The zero-order valence-electron chi connectivity index (χ0n) is 14.7. The molecule has 134 valence electrons. The van der Waals surface area contributed by atoms with E-state index in [-0.39, 0.29) is 18.0 Å². The molecule has 8 nitrogen and oxygen atoms in total. The lowest BCUT2D eigenvalue weighted by Crippen LogP contribution is -2.25. The lowest BCUT2D eigenvalue weighted by Gasteiger charge is -2.14. The van der Waals surface area contributed by atoms with Gasteiger partial charge in [-0.2, -0.15) is 5.10 Å². The Hall–Kier alpha value is -3.42. The van der Waals surface area contributed by atoms with Crippen LogP contribution in [0.15, 0.2) is 30.3 Å². The third-order valence-corrected chi connectivity index (χ3v) is 4.10. The van der Waals surface area contributed by atoms with Gasteiger partial charge in [-0.15, -0.1) is 0 Å². The van der Waals surface area contributed by atoms with Crippen LogP contribution in [0.2, 0.25) is 0 Å². The number of hydrogen-bond acceptors (Lipinski definition) is 4. The van der Waals surface area contributed by atoms with Crippen LogP contribution in [-0.4, -0.2) is 36.7 Å². The number of nitrogens with one attached hydrogen (secondary N) is 2. The number of nitrogens with zero attached hydrogens (tertiary/aromatic N) is 3. The molecule has 1 aromatic carbocycles. The number of aromatic nitrogens is 4. The molecule has 0 radical (unpaired) electrons. The highest BCUT2D eigenvalue weighted by molar-refractivity contribution is 5.98. The van der Waals surface area contributed by atoms with Crippen molar-refractivity contribution in [3.05, 3.63) is 64.5 Å². The van der Waals surface area contributed by atoms with E-state index >= 15 is 0 Å². The van der Waals surface area contributed by atoms with Gasteiger partial charge in [-0.25, -0.2) is 9.78 Å². The summed E-state index contributed by atoms with van der Waals surface area (Å²) < 4.78 is 1.77. The zero-order valence-corrected chi connectivity index (χ0v) is 14.7. The van der Waals surface area contributed by atoms with Crippen molar-refractivity contribution >= 4 is 11.9 Å². The number of aromatic carboxylic acids is 1. The minimum atomic E-state index is -0.994. The molecular formula is C18H19N5O3. The summed E-state index contributed by atoms with van der Waals surface area (Å²) in [6, 6.07) is 8.67. The minimum absolute atomic E-state index is 0.196. The van der Waals surface area contributed by atoms with E-state index < -0.39 is 5.97 Å². The van der Waals surface area contributed by atoms with Crippen LogP contribution in [0.25, 0.3) is 5.69 Å². The fourth-order valence-corrected chi connectivity index (χ4v) is 2.93. The lowest BCUT2D eigenvalue weighted by atomic mass is 10.1. The second-order valence-corrected chi connectivity index (χ2v) is 5.96. The second-order valence-electron chi connectivity index (χ2n) is 5.96. The van der Waals surface area contributed by atoms with Crippen LogP contribution in [0.3, 0.4) is 0 Å². The molecular weight excluding hydrogens is 334 g/mol. The molecule has 2 heterocycles. The number of rotatable bonds is 5. The first kappa shape index (κ1) is 17.4. The summed E-state index contributed by atoms with van der Waals surface area (Å²) in [5.41, 5.74) is 2.59. The number of carbonyl (C=O) groups excluding carboxylic acids is 1. The van der Waals surface area contributed by atoms with Crippen molar-refractivity contribution in [1.82, 2.24) is 25.1 Å². The van der Waals surface area contributed by atoms with E-state index in [1.165, 1.54) is 0 Å². The Bertz CT molecular complexity index is 987. The van der Waals surface area contributed by atoms with E-state index in [4.69, 9.17) is 0 Å². The molecule has 3 rings (SSSR count). The first-order valence-corrected chi connectivity index (χ1v) is 8.06. The van der Waals surface area contributed by atoms with Gasteiger partial charge in [-0.1, -0.05) is 12.1 Å². The molecule has 8 heteroatoms. The monoisotopic (exact) mass is 353 g/mol. The molecule has 0 unspecified atom stereocenters. The summed E-state index contributed by atoms with van der Waals surface area (Å²) >= 11 is 0. The average Bonchev–Trinajstić information content (AvgIpc) is 3.15. The molecule has 0 spiro atoms. The number of carboxylic acid groups (broad SMARTS) is 1. The maximum absolute atomic E-state index is 12.7. The highest BCUT2D eigenvalue weighted by Gasteiger charge is 2.19. The number of amides is 1. The topological polar surface area (TPSA) is 113 Å². The molecule has 0 aliphatic rings. The molecule has 0 aliphatic carbocycles. The third kappa shape index (κ3) is 3.21. The largest absolute Gasteiger partial charge is 0.478 e. The summed E-state index contributed by atoms with van der Waals surface area (Å²) in [7, 11) is 0. The van der Waals surface area contributed by atoms with E-state index in [0.717, 1.165) is 5.69 Å². The predicted octanol–water partition coefficient (Wildman–Crippen LogP) is 2.15. The predicted molar refractivity (Wildman–Crippen MR) is 94.5 cm³/mol. The second kappa shape index (κ2) is 6.83. The van der Waals surface area contributed by atoms with Gasteiger partial charge in [-0.05, 0) is 39.0 Å². The van der Waals surface area contributed by atoms with Crippen molar-refractivity contribution in [3.63, 3.8) is 0 Å². The molecule has 1 amide bonds. The average molecular weight is 353 g/mol. The highest BCUT2D eigenvalue weighted by atomic mass is 16.4. The Morgan fingerprint density at radius 2 is 1.92 bits per heavy atom. The highest BCUT2D eigenvalue weighted by Crippen LogP contribution is 2.23. The number of para-hydroxylation sites is 1. The van der Waals surface area contributed by atoms with Crippen molar-refractivity contribution in [2.24, 2.45) is 0 Å². The fraction of sp³-hybridized carbons (Fsp3) is 0.222. The van der Waals surface area contributed by atoms with Gasteiger partial charge in [-0.3, -0.25) is 9.89 Å². The minimum Gasteiger partial charge on any atom is -0.478 e. The molecule has 0 saturated heterocycles. The van der Waals surface area contributed by atoms with Crippen LogP contribution in [-0.2, 0) is 6.54 Å².